The maximum absolute atomic E-state index is 12.2. The predicted octanol–water partition coefficient (Wildman–Crippen LogP) is 2.41. The highest BCUT2D eigenvalue weighted by Gasteiger charge is 2.26. The Morgan fingerprint density at radius 1 is 1.47 bits per heavy atom. The van der Waals surface area contributed by atoms with Crippen molar-refractivity contribution in [1.29, 1.82) is 0 Å². The topological polar surface area (TPSA) is 46.3 Å². The fourth-order valence-electron chi connectivity index (χ4n) is 2.04. The average molecular weight is 273 g/mol. The number of benzene rings is 1. The lowest BCUT2D eigenvalue weighted by Gasteiger charge is -2.17. The van der Waals surface area contributed by atoms with Gasteiger partial charge in [-0.2, -0.15) is 0 Å². The van der Waals surface area contributed by atoms with E-state index in [-0.39, 0.29) is 5.91 Å². The van der Waals surface area contributed by atoms with Gasteiger partial charge in [-0.1, -0.05) is 23.2 Å². The van der Waals surface area contributed by atoms with Crippen molar-refractivity contribution in [2.45, 2.75) is 6.42 Å². The molecule has 2 rings (SSSR count). The molecule has 1 heterocycles. The van der Waals surface area contributed by atoms with E-state index >= 15 is 0 Å². The van der Waals surface area contributed by atoms with Gasteiger partial charge in [-0.15, -0.1) is 0 Å². The molecule has 1 amide bonds. The van der Waals surface area contributed by atoms with E-state index in [2.05, 4.69) is 0 Å². The number of amides is 1. The summed E-state index contributed by atoms with van der Waals surface area (Å²) in [6.45, 7) is 2.09. The summed E-state index contributed by atoms with van der Waals surface area (Å²) in [5.41, 5.74) is 6.11. The Balaban J connectivity index is 2.15. The van der Waals surface area contributed by atoms with Gasteiger partial charge in [0.15, 0.2) is 0 Å². The molecule has 1 saturated heterocycles. The Morgan fingerprint density at radius 3 is 2.82 bits per heavy atom. The van der Waals surface area contributed by atoms with Crippen molar-refractivity contribution >= 4 is 29.1 Å². The molecule has 0 saturated carbocycles. The van der Waals surface area contributed by atoms with Crippen LogP contribution in [-0.4, -0.2) is 30.4 Å². The first-order valence-corrected chi connectivity index (χ1v) is 6.32. The predicted molar refractivity (Wildman–Crippen MR) is 69.5 cm³/mol. The number of hydrogen-bond acceptors (Lipinski definition) is 2. The summed E-state index contributed by atoms with van der Waals surface area (Å²) in [5, 5.41) is 0.937. The molecule has 17 heavy (non-hydrogen) atoms. The second-order valence-electron chi connectivity index (χ2n) is 4.27. The molecule has 5 heteroatoms. The Bertz CT molecular complexity index is 437. The molecule has 1 atom stereocenters. The second-order valence-corrected chi connectivity index (χ2v) is 5.11. The highest BCUT2D eigenvalue weighted by molar-refractivity contribution is 6.36. The van der Waals surface area contributed by atoms with Gasteiger partial charge < -0.3 is 10.6 Å². The number of nitrogens with two attached hydrogens (primary N) is 1. The number of likely N-dealkylation sites (tertiary alicyclic amines) is 1. The highest BCUT2D eigenvalue weighted by atomic mass is 35.5. The standard InChI is InChI=1S/C12H14Cl2N2O/c13-9-1-2-10(11(14)5-9)12(17)16-4-3-8(6-15)7-16/h1-2,5,8H,3-4,6-7,15H2. The molecule has 1 aliphatic rings. The fraction of sp³-hybridized carbons (Fsp3) is 0.417. The summed E-state index contributed by atoms with van der Waals surface area (Å²) >= 11 is 11.8. The molecule has 0 bridgehead atoms. The molecule has 0 aromatic heterocycles. The van der Waals surface area contributed by atoms with Crippen LogP contribution >= 0.6 is 23.2 Å². The van der Waals surface area contributed by atoms with Crippen LogP contribution in [0.4, 0.5) is 0 Å². The summed E-state index contributed by atoms with van der Waals surface area (Å²) in [6, 6.07) is 4.94. The monoisotopic (exact) mass is 272 g/mol. The van der Waals surface area contributed by atoms with Crippen molar-refractivity contribution in [3.05, 3.63) is 33.8 Å². The number of halogens is 2. The zero-order chi connectivity index (χ0) is 12.4. The second kappa shape index (κ2) is 5.25. The van der Waals surface area contributed by atoms with Crippen LogP contribution < -0.4 is 5.73 Å². The van der Waals surface area contributed by atoms with Crippen LogP contribution in [0.1, 0.15) is 16.8 Å². The zero-order valence-corrected chi connectivity index (χ0v) is 10.8. The normalized spacial score (nSPS) is 19.7. The number of nitrogens with zero attached hydrogens (tertiary/aromatic N) is 1. The van der Waals surface area contributed by atoms with E-state index in [0.717, 1.165) is 13.0 Å². The minimum atomic E-state index is -0.0392. The molecule has 1 aromatic rings. The van der Waals surface area contributed by atoms with Crippen molar-refractivity contribution in [2.24, 2.45) is 11.7 Å². The minimum Gasteiger partial charge on any atom is -0.338 e. The lowest BCUT2D eigenvalue weighted by atomic mass is 10.1. The van der Waals surface area contributed by atoms with E-state index in [0.29, 0.717) is 34.6 Å². The van der Waals surface area contributed by atoms with Crippen LogP contribution in [0.3, 0.4) is 0 Å². The zero-order valence-electron chi connectivity index (χ0n) is 9.33. The van der Waals surface area contributed by atoms with Crippen LogP contribution in [0.5, 0.6) is 0 Å². The maximum atomic E-state index is 12.2. The van der Waals surface area contributed by atoms with Gasteiger partial charge in [0.05, 0.1) is 10.6 Å². The molecule has 1 aromatic carbocycles. The van der Waals surface area contributed by atoms with Gasteiger partial charge in [0.25, 0.3) is 5.91 Å². The molecule has 2 N–H and O–H groups in total. The van der Waals surface area contributed by atoms with Gasteiger partial charge in [-0.05, 0) is 37.1 Å². The molecule has 92 valence electrons. The van der Waals surface area contributed by atoms with Crippen molar-refractivity contribution in [3.8, 4) is 0 Å². The first-order valence-electron chi connectivity index (χ1n) is 5.56. The largest absolute Gasteiger partial charge is 0.338 e. The van der Waals surface area contributed by atoms with Gasteiger partial charge in [-0.3, -0.25) is 4.79 Å². The summed E-state index contributed by atoms with van der Waals surface area (Å²) in [7, 11) is 0. The molecule has 1 unspecified atom stereocenters. The van der Waals surface area contributed by atoms with Crippen LogP contribution in [0.15, 0.2) is 18.2 Å². The summed E-state index contributed by atoms with van der Waals surface area (Å²) in [5.74, 6) is 0.368. The third kappa shape index (κ3) is 2.73. The highest BCUT2D eigenvalue weighted by Crippen LogP contribution is 2.24. The Morgan fingerprint density at radius 2 is 2.24 bits per heavy atom. The third-order valence-corrected chi connectivity index (χ3v) is 3.62. The van der Waals surface area contributed by atoms with E-state index in [1.807, 2.05) is 0 Å². The first kappa shape index (κ1) is 12.7. The van der Waals surface area contributed by atoms with Crippen molar-refractivity contribution in [3.63, 3.8) is 0 Å². The molecule has 1 fully saturated rings. The van der Waals surface area contributed by atoms with E-state index < -0.39 is 0 Å². The lowest BCUT2D eigenvalue weighted by Crippen LogP contribution is -2.30. The summed E-state index contributed by atoms with van der Waals surface area (Å²) < 4.78 is 0. The van der Waals surface area contributed by atoms with E-state index in [9.17, 15) is 4.79 Å². The van der Waals surface area contributed by atoms with Crippen LogP contribution in [-0.2, 0) is 0 Å². The van der Waals surface area contributed by atoms with Crippen LogP contribution in [0, 0.1) is 5.92 Å². The maximum Gasteiger partial charge on any atom is 0.255 e. The number of rotatable bonds is 2. The van der Waals surface area contributed by atoms with Crippen molar-refractivity contribution in [2.75, 3.05) is 19.6 Å². The van der Waals surface area contributed by atoms with Crippen molar-refractivity contribution in [1.82, 2.24) is 4.90 Å². The van der Waals surface area contributed by atoms with Gasteiger partial charge in [-0.25, -0.2) is 0 Å². The lowest BCUT2D eigenvalue weighted by molar-refractivity contribution is 0.0788. The van der Waals surface area contributed by atoms with E-state index in [1.165, 1.54) is 0 Å². The van der Waals surface area contributed by atoms with E-state index in [1.54, 1.807) is 23.1 Å². The van der Waals surface area contributed by atoms with Gasteiger partial charge in [0.2, 0.25) is 0 Å². The Kier molecular flexibility index (Phi) is 3.92. The Labute approximate surface area is 110 Å². The summed E-state index contributed by atoms with van der Waals surface area (Å²) in [4.78, 5) is 14.0. The molecule has 3 nitrogen and oxygen atoms in total. The quantitative estimate of drug-likeness (QED) is 0.899. The molecular formula is C12H14Cl2N2O. The van der Waals surface area contributed by atoms with Gasteiger partial charge in [0, 0.05) is 18.1 Å². The molecule has 1 aliphatic heterocycles. The smallest absolute Gasteiger partial charge is 0.255 e. The van der Waals surface area contributed by atoms with Crippen LogP contribution in [0.25, 0.3) is 0 Å². The first-order chi connectivity index (χ1) is 8.11. The minimum absolute atomic E-state index is 0.0392. The van der Waals surface area contributed by atoms with E-state index in [4.69, 9.17) is 28.9 Å². The third-order valence-electron chi connectivity index (χ3n) is 3.07. The molecule has 0 aliphatic carbocycles. The molecule has 0 radical (unpaired) electrons. The number of hydrogen-bond donors (Lipinski definition) is 1. The van der Waals surface area contributed by atoms with Gasteiger partial charge in [0.1, 0.15) is 0 Å². The number of carbonyl (C=O) groups excluding carboxylic acids is 1. The summed E-state index contributed by atoms with van der Waals surface area (Å²) in [6.07, 6.45) is 0.966. The Hall–Kier alpha value is -0.770. The molecule has 0 spiro atoms. The SMILES string of the molecule is NCC1CCN(C(=O)c2ccc(Cl)cc2Cl)C1. The van der Waals surface area contributed by atoms with Gasteiger partial charge >= 0.3 is 0 Å². The molecular weight excluding hydrogens is 259 g/mol. The van der Waals surface area contributed by atoms with Crippen LogP contribution in [0.2, 0.25) is 10.0 Å². The van der Waals surface area contributed by atoms with Crippen molar-refractivity contribution < 1.29 is 4.79 Å². The fourth-order valence-corrected chi connectivity index (χ4v) is 2.53. The average Bonchev–Trinajstić information content (AvgIpc) is 2.76. The number of carbonyl (C=O) groups is 1.